The zero-order valence-electron chi connectivity index (χ0n) is 14.1. The predicted octanol–water partition coefficient (Wildman–Crippen LogP) is 2.62. The molecule has 18 heavy (non-hydrogen) atoms. The topological polar surface area (TPSA) is 9.23 Å². The van der Waals surface area contributed by atoms with Gasteiger partial charge in [0.2, 0.25) is 0 Å². The maximum absolute atomic E-state index is 5.47. The zero-order chi connectivity index (χ0) is 12.8. The fourth-order valence-corrected chi connectivity index (χ4v) is 1.94. The summed E-state index contributed by atoms with van der Waals surface area (Å²) in [6, 6.07) is 0. The predicted molar refractivity (Wildman–Crippen MR) is 78.6 cm³/mol. The van der Waals surface area contributed by atoms with E-state index in [0.717, 1.165) is 18.8 Å². The molecule has 0 fully saturated rings. The van der Waals surface area contributed by atoms with E-state index in [4.69, 9.17) is 4.74 Å². The van der Waals surface area contributed by atoms with Gasteiger partial charge in [-0.2, -0.15) is 0 Å². The third-order valence-corrected chi connectivity index (χ3v) is 2.99. The van der Waals surface area contributed by atoms with E-state index >= 15 is 0 Å². The van der Waals surface area contributed by atoms with Gasteiger partial charge in [0.05, 0.1) is 6.61 Å². The van der Waals surface area contributed by atoms with Gasteiger partial charge >= 0.3 is 29.6 Å². The molecule has 0 aromatic heterocycles. The second-order valence-corrected chi connectivity index (χ2v) is 5.19. The summed E-state index contributed by atoms with van der Waals surface area (Å²) in [5.74, 6) is 0. The largest absolute Gasteiger partial charge is 1.00 e. The van der Waals surface area contributed by atoms with E-state index in [-0.39, 0.29) is 31.0 Å². The van der Waals surface area contributed by atoms with Crippen molar-refractivity contribution >= 4 is 0 Å². The molecule has 0 rings (SSSR count). The molecule has 0 saturated heterocycles. The van der Waals surface area contributed by atoms with E-state index in [1.807, 2.05) is 6.92 Å². The monoisotopic (exact) mass is 264 g/mol. The summed E-state index contributed by atoms with van der Waals surface area (Å²) in [4.78, 5) is 0. The van der Waals surface area contributed by atoms with Crippen LogP contribution in [0, 0.1) is 0 Å². The van der Waals surface area contributed by atoms with Gasteiger partial charge in [-0.3, -0.25) is 0 Å². The van der Waals surface area contributed by atoms with E-state index in [0.29, 0.717) is 0 Å². The number of unbranched alkanes of at least 4 members (excludes halogenated alkanes) is 9. The summed E-state index contributed by atoms with van der Waals surface area (Å²) in [6.07, 6.45) is 13.8. The van der Waals surface area contributed by atoms with Crippen molar-refractivity contribution in [2.75, 3.05) is 13.2 Å². The molecule has 0 spiro atoms. The molecule has 0 N–H and O–H groups in total. The fourth-order valence-electron chi connectivity index (χ4n) is 1.94. The third-order valence-electron chi connectivity index (χ3n) is 2.99. The molecule has 0 aliphatic heterocycles. The van der Waals surface area contributed by atoms with E-state index in [1.54, 1.807) is 0 Å². The summed E-state index contributed by atoms with van der Waals surface area (Å²) in [5, 5.41) is 0. The maximum atomic E-state index is 5.47. The van der Waals surface area contributed by atoms with Crippen molar-refractivity contribution in [2.45, 2.75) is 78.1 Å². The number of hydrogen-bond acceptors (Lipinski definition) is 1. The van der Waals surface area contributed by atoms with Crippen molar-refractivity contribution in [1.82, 2.24) is 0 Å². The average molecular weight is 264 g/mol. The molecule has 0 atom stereocenters. The van der Waals surface area contributed by atoms with E-state index in [1.165, 1.54) is 64.2 Å². The normalized spacial score (nSPS) is 10.1. The van der Waals surface area contributed by atoms with Crippen molar-refractivity contribution in [2.24, 2.45) is 0 Å². The van der Waals surface area contributed by atoms with Crippen LogP contribution in [-0.2, 0) is 4.74 Å². The van der Waals surface area contributed by atoms with Crippen LogP contribution in [0.3, 0.4) is 0 Å². The van der Waals surface area contributed by atoms with Crippen LogP contribution in [-0.4, -0.2) is 13.2 Å². The quantitative estimate of drug-likeness (QED) is 0.282. The smallest absolute Gasteiger partial charge is 1.00 e. The first-order valence-electron chi connectivity index (χ1n) is 7.49. The van der Waals surface area contributed by atoms with Crippen molar-refractivity contribution in [1.29, 1.82) is 0 Å². The van der Waals surface area contributed by atoms with E-state index in [2.05, 4.69) is 13.5 Å². The minimum atomic E-state index is 0. The molecule has 0 aromatic rings. The first-order valence-corrected chi connectivity index (χ1v) is 7.49. The molecule has 0 heterocycles. The van der Waals surface area contributed by atoms with Crippen LogP contribution in [0.4, 0.5) is 0 Å². The van der Waals surface area contributed by atoms with Gasteiger partial charge in [0.15, 0.2) is 0 Å². The zero-order valence-corrected chi connectivity index (χ0v) is 15.1. The second-order valence-electron chi connectivity index (χ2n) is 5.19. The first-order chi connectivity index (χ1) is 8.27. The number of ether oxygens (including phenoxy) is 1. The molecular formula is C16H33NaO. The SMILES string of the molecule is C=C(C)COCCCCCCCCCCCC.[H-].[Na+]. The van der Waals surface area contributed by atoms with Crippen molar-refractivity contribution in [3.8, 4) is 0 Å². The molecule has 0 aliphatic rings. The molecule has 0 aliphatic carbocycles. The molecular weight excluding hydrogens is 231 g/mol. The van der Waals surface area contributed by atoms with Gasteiger partial charge in [-0.15, -0.1) is 0 Å². The van der Waals surface area contributed by atoms with Crippen LogP contribution < -0.4 is 29.6 Å². The van der Waals surface area contributed by atoms with Crippen molar-refractivity contribution in [3.63, 3.8) is 0 Å². The summed E-state index contributed by atoms with van der Waals surface area (Å²) in [7, 11) is 0. The summed E-state index contributed by atoms with van der Waals surface area (Å²) >= 11 is 0. The standard InChI is InChI=1S/C16H32O.Na.H/c1-4-5-6-7-8-9-10-11-12-13-14-17-15-16(2)3;;/h2,4-15H2,1,3H3;;/q;+1;-1. The molecule has 104 valence electrons. The Morgan fingerprint density at radius 2 is 1.33 bits per heavy atom. The Labute approximate surface area is 139 Å². The fraction of sp³-hybridized carbons (Fsp3) is 0.875. The maximum Gasteiger partial charge on any atom is 1.00 e. The van der Waals surface area contributed by atoms with Crippen LogP contribution >= 0.6 is 0 Å². The van der Waals surface area contributed by atoms with Crippen LogP contribution in [0.2, 0.25) is 0 Å². The molecule has 0 unspecified atom stereocenters. The Bertz CT molecular complexity index is 174. The van der Waals surface area contributed by atoms with Crippen molar-refractivity contribution in [3.05, 3.63) is 12.2 Å². The van der Waals surface area contributed by atoms with E-state index < -0.39 is 0 Å². The Morgan fingerprint density at radius 1 is 0.889 bits per heavy atom. The van der Waals surface area contributed by atoms with Gasteiger partial charge in [-0.25, -0.2) is 0 Å². The number of rotatable bonds is 13. The van der Waals surface area contributed by atoms with Gasteiger partial charge in [0.1, 0.15) is 0 Å². The summed E-state index contributed by atoms with van der Waals surface area (Å²) < 4.78 is 5.47. The average Bonchev–Trinajstić information content (AvgIpc) is 2.30. The molecule has 0 saturated carbocycles. The van der Waals surface area contributed by atoms with E-state index in [9.17, 15) is 0 Å². The van der Waals surface area contributed by atoms with Gasteiger partial charge in [0, 0.05) is 6.61 Å². The molecule has 0 amide bonds. The van der Waals surface area contributed by atoms with Crippen LogP contribution in [0.15, 0.2) is 12.2 Å². The first kappa shape index (κ1) is 21.0. The molecule has 2 heteroatoms. The number of hydrogen-bond donors (Lipinski definition) is 0. The Hall–Kier alpha value is 0.700. The molecule has 1 nitrogen and oxygen atoms in total. The molecule has 0 bridgehead atoms. The Morgan fingerprint density at radius 3 is 1.78 bits per heavy atom. The molecule has 0 aromatic carbocycles. The van der Waals surface area contributed by atoms with Crippen molar-refractivity contribution < 1.29 is 35.7 Å². The third kappa shape index (κ3) is 19.0. The Balaban J connectivity index is -0.00000128. The Kier molecular flexibility index (Phi) is 20.7. The van der Waals surface area contributed by atoms with Gasteiger partial charge < -0.3 is 6.16 Å². The minimum absolute atomic E-state index is 0. The summed E-state index contributed by atoms with van der Waals surface area (Å²) in [5.41, 5.74) is 1.12. The van der Waals surface area contributed by atoms with Gasteiger partial charge in [-0.1, -0.05) is 76.9 Å². The van der Waals surface area contributed by atoms with Gasteiger partial charge in [0.25, 0.3) is 0 Å². The molecule has 0 radical (unpaired) electrons. The summed E-state index contributed by atoms with van der Waals surface area (Å²) in [6.45, 7) is 9.74. The van der Waals surface area contributed by atoms with Crippen LogP contribution in [0.1, 0.15) is 79.5 Å². The van der Waals surface area contributed by atoms with Gasteiger partial charge in [-0.05, 0) is 13.3 Å². The minimum Gasteiger partial charge on any atom is -1.00 e. The second kappa shape index (κ2) is 17.7. The van der Waals surface area contributed by atoms with Crippen LogP contribution in [0.25, 0.3) is 0 Å². The van der Waals surface area contributed by atoms with Crippen LogP contribution in [0.5, 0.6) is 0 Å².